The van der Waals surface area contributed by atoms with Crippen molar-refractivity contribution >= 4 is 45.1 Å². The summed E-state index contributed by atoms with van der Waals surface area (Å²) < 4.78 is 11.6. The Labute approximate surface area is 183 Å². The van der Waals surface area contributed by atoms with E-state index in [4.69, 9.17) is 21.7 Å². The molecule has 0 atom stereocenters. The Morgan fingerprint density at radius 2 is 1.69 bits per heavy atom. The molecule has 2 aromatic carbocycles. The summed E-state index contributed by atoms with van der Waals surface area (Å²) in [5.41, 5.74) is 7.04. The van der Waals surface area contributed by atoms with Crippen LogP contribution in [0.15, 0.2) is 46.9 Å². The molecule has 0 bridgehead atoms. The lowest BCUT2D eigenvalue weighted by Gasteiger charge is -2.12. The molecular formula is C20H22BrN3O4S. The number of hydrogen-bond donors (Lipinski definition) is 3. The molecule has 0 aromatic heterocycles. The summed E-state index contributed by atoms with van der Waals surface area (Å²) in [7, 11) is 0. The van der Waals surface area contributed by atoms with Crippen LogP contribution in [0.2, 0.25) is 0 Å². The minimum Gasteiger partial charge on any atom is -0.484 e. The summed E-state index contributed by atoms with van der Waals surface area (Å²) in [5, 5.41) is 2.36. The fraction of sp³-hybridized carbons (Fsp3) is 0.250. The van der Waals surface area contributed by atoms with Crippen molar-refractivity contribution in [3.05, 3.63) is 58.1 Å². The average molecular weight is 480 g/mol. The Morgan fingerprint density at radius 1 is 1.00 bits per heavy atom. The monoisotopic (exact) mass is 479 g/mol. The summed E-state index contributed by atoms with van der Waals surface area (Å²) in [4.78, 5) is 23.7. The number of hydrazine groups is 1. The Morgan fingerprint density at radius 3 is 2.34 bits per heavy atom. The highest BCUT2D eigenvalue weighted by atomic mass is 79.9. The smallest absolute Gasteiger partial charge is 0.276 e. The topological polar surface area (TPSA) is 88.7 Å². The number of amides is 2. The Balaban J connectivity index is 1.66. The van der Waals surface area contributed by atoms with Gasteiger partial charge in [-0.2, -0.15) is 0 Å². The van der Waals surface area contributed by atoms with Crippen LogP contribution in [-0.4, -0.2) is 30.1 Å². The van der Waals surface area contributed by atoms with Crippen molar-refractivity contribution in [2.45, 2.75) is 20.3 Å². The number of halogens is 1. The molecule has 0 aliphatic rings. The van der Waals surface area contributed by atoms with Gasteiger partial charge in [-0.25, -0.2) is 0 Å². The predicted octanol–water partition coefficient (Wildman–Crippen LogP) is 2.80. The summed E-state index contributed by atoms with van der Waals surface area (Å²) >= 11 is 8.38. The molecular weight excluding hydrogens is 458 g/mol. The third kappa shape index (κ3) is 8.08. The van der Waals surface area contributed by atoms with Crippen molar-refractivity contribution in [1.29, 1.82) is 0 Å². The average Bonchev–Trinajstić information content (AvgIpc) is 2.70. The second-order valence-electron chi connectivity index (χ2n) is 6.06. The maximum Gasteiger partial charge on any atom is 0.276 e. The second-order valence-corrected chi connectivity index (χ2v) is 7.32. The van der Waals surface area contributed by atoms with Crippen LogP contribution in [0.3, 0.4) is 0 Å². The molecule has 3 N–H and O–H groups in total. The molecule has 0 saturated heterocycles. The van der Waals surface area contributed by atoms with Gasteiger partial charge in [0.05, 0.1) is 4.47 Å². The molecule has 0 radical (unpaired) electrons. The standard InChI is InChI=1S/C20H22BrN3O4S/c1-3-14-6-9-17(16(21)10-14)28-11-18(25)22-20(29)24-23-19(26)12-27-15-7-4-13(2)5-8-15/h4-10H,3,11-12H2,1-2H3,(H,23,26)(H2,22,24,25,29). The molecule has 154 valence electrons. The molecule has 2 rings (SSSR count). The second kappa shape index (κ2) is 11.4. The van der Waals surface area contributed by atoms with Crippen LogP contribution in [0.5, 0.6) is 11.5 Å². The van der Waals surface area contributed by atoms with Crippen LogP contribution in [-0.2, 0) is 16.0 Å². The van der Waals surface area contributed by atoms with Crippen molar-refractivity contribution in [3.8, 4) is 11.5 Å². The van der Waals surface area contributed by atoms with Gasteiger partial charge in [-0.05, 0) is 71.3 Å². The first kappa shape index (κ1) is 22.6. The maximum atomic E-state index is 11.9. The maximum absolute atomic E-state index is 11.9. The molecule has 29 heavy (non-hydrogen) atoms. The van der Waals surface area contributed by atoms with Crippen molar-refractivity contribution in [3.63, 3.8) is 0 Å². The molecule has 0 aliphatic heterocycles. The number of hydrogen-bond acceptors (Lipinski definition) is 5. The van der Waals surface area contributed by atoms with Gasteiger partial charge in [-0.1, -0.05) is 30.7 Å². The van der Waals surface area contributed by atoms with Crippen LogP contribution >= 0.6 is 28.1 Å². The number of carbonyl (C=O) groups excluding carboxylic acids is 2. The Bertz CT molecular complexity index is 875. The zero-order chi connectivity index (χ0) is 21.2. The van der Waals surface area contributed by atoms with Gasteiger partial charge < -0.3 is 9.47 Å². The minimum absolute atomic E-state index is 0.0531. The fourth-order valence-corrected chi connectivity index (χ4v) is 2.87. The molecule has 0 aliphatic carbocycles. The molecule has 0 fully saturated rings. The molecule has 0 saturated carbocycles. The van der Waals surface area contributed by atoms with Gasteiger partial charge in [0.15, 0.2) is 18.3 Å². The van der Waals surface area contributed by atoms with Crippen molar-refractivity contribution < 1.29 is 19.1 Å². The van der Waals surface area contributed by atoms with Crippen molar-refractivity contribution in [2.75, 3.05) is 13.2 Å². The van der Waals surface area contributed by atoms with Gasteiger partial charge >= 0.3 is 0 Å². The summed E-state index contributed by atoms with van der Waals surface area (Å²) in [6, 6.07) is 13.0. The van der Waals surface area contributed by atoms with Crippen molar-refractivity contribution in [2.24, 2.45) is 0 Å². The van der Waals surface area contributed by atoms with Crippen LogP contribution in [0, 0.1) is 6.92 Å². The first-order chi connectivity index (χ1) is 13.9. The Kier molecular flexibility index (Phi) is 8.88. The van der Waals surface area contributed by atoms with E-state index in [1.165, 1.54) is 0 Å². The van der Waals surface area contributed by atoms with Gasteiger partial charge in [0, 0.05) is 0 Å². The first-order valence-corrected chi connectivity index (χ1v) is 10.1. The van der Waals surface area contributed by atoms with Crippen molar-refractivity contribution in [1.82, 2.24) is 16.2 Å². The van der Waals surface area contributed by atoms with Gasteiger partial charge in [-0.3, -0.25) is 25.8 Å². The zero-order valence-corrected chi connectivity index (χ0v) is 18.5. The molecule has 7 nitrogen and oxygen atoms in total. The van der Waals surface area contributed by atoms with E-state index in [0.29, 0.717) is 11.5 Å². The first-order valence-electron chi connectivity index (χ1n) is 8.86. The lowest BCUT2D eigenvalue weighted by atomic mass is 10.2. The molecule has 9 heteroatoms. The number of rotatable bonds is 7. The van der Waals surface area contributed by atoms with E-state index in [1.54, 1.807) is 18.2 Å². The third-order valence-electron chi connectivity index (χ3n) is 3.72. The lowest BCUT2D eigenvalue weighted by molar-refractivity contribution is -0.124. The number of thiocarbonyl (C=S) groups is 1. The van der Waals surface area contributed by atoms with Crippen LogP contribution in [0.1, 0.15) is 18.1 Å². The van der Waals surface area contributed by atoms with E-state index >= 15 is 0 Å². The normalized spacial score (nSPS) is 10.0. The number of carbonyl (C=O) groups is 2. The highest BCUT2D eigenvalue weighted by molar-refractivity contribution is 9.10. The molecule has 2 aromatic rings. The Hall–Kier alpha value is -2.65. The molecule has 0 heterocycles. The number of aryl methyl sites for hydroxylation is 2. The van der Waals surface area contributed by atoms with E-state index in [-0.39, 0.29) is 18.3 Å². The van der Waals surface area contributed by atoms with E-state index in [1.807, 2.05) is 31.2 Å². The number of nitrogens with one attached hydrogen (secondary N) is 3. The van der Waals surface area contributed by atoms with E-state index in [2.05, 4.69) is 39.0 Å². The zero-order valence-electron chi connectivity index (χ0n) is 16.1. The van der Waals surface area contributed by atoms with Gasteiger partial charge in [-0.15, -0.1) is 0 Å². The SMILES string of the molecule is CCc1ccc(OCC(=O)NC(=S)NNC(=O)COc2ccc(C)cc2)c(Br)c1. The summed E-state index contributed by atoms with van der Waals surface area (Å²) in [6.07, 6.45) is 0.904. The van der Waals surface area contributed by atoms with Crippen LogP contribution in [0.4, 0.5) is 0 Å². The van der Waals surface area contributed by atoms with Crippen LogP contribution < -0.4 is 25.6 Å². The quantitative estimate of drug-likeness (QED) is 0.417. The lowest BCUT2D eigenvalue weighted by Crippen LogP contribution is -2.50. The van der Waals surface area contributed by atoms with E-state index in [0.717, 1.165) is 22.0 Å². The summed E-state index contributed by atoms with van der Waals surface area (Å²) in [5.74, 6) is 0.229. The minimum atomic E-state index is -0.459. The molecule has 0 unspecified atom stereocenters. The predicted molar refractivity (Wildman–Crippen MR) is 118 cm³/mol. The van der Waals surface area contributed by atoms with Gasteiger partial charge in [0.1, 0.15) is 11.5 Å². The fourth-order valence-electron chi connectivity index (χ4n) is 2.16. The number of benzene rings is 2. The van der Waals surface area contributed by atoms with E-state index in [9.17, 15) is 9.59 Å². The largest absolute Gasteiger partial charge is 0.484 e. The highest BCUT2D eigenvalue weighted by Crippen LogP contribution is 2.26. The summed E-state index contributed by atoms with van der Waals surface area (Å²) in [6.45, 7) is 3.59. The molecule has 0 spiro atoms. The van der Waals surface area contributed by atoms with E-state index < -0.39 is 11.8 Å². The van der Waals surface area contributed by atoms with Gasteiger partial charge in [0.25, 0.3) is 11.8 Å². The number of ether oxygens (including phenoxy) is 2. The van der Waals surface area contributed by atoms with Gasteiger partial charge in [0.2, 0.25) is 0 Å². The van der Waals surface area contributed by atoms with Crippen LogP contribution in [0.25, 0.3) is 0 Å². The molecule has 2 amide bonds. The third-order valence-corrected chi connectivity index (χ3v) is 4.55. The highest BCUT2D eigenvalue weighted by Gasteiger charge is 2.09.